The summed E-state index contributed by atoms with van der Waals surface area (Å²) in [4.78, 5) is 30.0. The van der Waals surface area contributed by atoms with Crippen LogP contribution in [0.2, 0.25) is 0 Å². The van der Waals surface area contributed by atoms with Gasteiger partial charge in [-0.05, 0) is 35.4 Å². The minimum Gasteiger partial charge on any atom is -0.755 e. The average molecular weight is 496 g/mol. The van der Waals surface area contributed by atoms with Crippen molar-refractivity contribution in [2.45, 2.75) is 44.8 Å². The number of aliphatic carboxylic acids is 1. The molecule has 0 bridgehead atoms. The van der Waals surface area contributed by atoms with Crippen molar-refractivity contribution in [3.8, 4) is 11.3 Å². The first-order valence-corrected chi connectivity index (χ1v) is 11.2. The Morgan fingerprint density at radius 1 is 1.26 bits per heavy atom. The molecule has 11 nitrogen and oxygen atoms in total. The molecule has 3 N–H and O–H groups in total. The Labute approximate surface area is 197 Å². The zero-order chi connectivity index (χ0) is 25.4. The molecule has 1 aromatic carbocycles. The number of nitrogens with zero attached hydrogens (tertiary/aromatic N) is 4. The van der Waals surface area contributed by atoms with Gasteiger partial charge in [0.1, 0.15) is 5.82 Å². The Morgan fingerprint density at radius 3 is 2.44 bits per heavy atom. The number of nitroso groups, excluding NO2 is 1. The third-order valence-corrected chi connectivity index (χ3v) is 5.26. The summed E-state index contributed by atoms with van der Waals surface area (Å²) in [6, 6.07) is 5.22. The number of aliphatic hydroxyl groups excluding tert-OH is 2. The SMILES string of the molecule is CC(C)c1nc(N(CN=O)S(=O)[O-])nc(-c2ccc(F)cc2)c1/C=C/[C@@H](O)C[C@@H](O)CC(=O)O. The van der Waals surface area contributed by atoms with Crippen molar-refractivity contribution in [2.24, 2.45) is 5.18 Å². The second-order valence-corrected chi connectivity index (χ2v) is 8.49. The molecular weight excluding hydrogens is 471 g/mol. The third-order valence-electron chi connectivity index (χ3n) is 4.63. The lowest BCUT2D eigenvalue weighted by molar-refractivity contribution is -0.139. The summed E-state index contributed by atoms with van der Waals surface area (Å²) in [5.41, 5.74) is 1.35. The quantitative estimate of drug-likeness (QED) is 0.294. The molecule has 0 fully saturated rings. The average Bonchev–Trinajstić information content (AvgIpc) is 2.75. The maximum Gasteiger partial charge on any atom is 0.305 e. The number of aliphatic hydroxyl groups is 2. The van der Waals surface area contributed by atoms with Gasteiger partial charge in [-0.25, -0.2) is 18.7 Å². The summed E-state index contributed by atoms with van der Waals surface area (Å²) in [5, 5.41) is 31.3. The van der Waals surface area contributed by atoms with Crippen LogP contribution in [0, 0.1) is 10.7 Å². The maximum absolute atomic E-state index is 13.5. The first-order valence-electron chi connectivity index (χ1n) is 10.1. The minimum atomic E-state index is -2.90. The lowest BCUT2D eigenvalue weighted by Crippen LogP contribution is -2.28. The van der Waals surface area contributed by atoms with E-state index in [0.29, 0.717) is 21.1 Å². The van der Waals surface area contributed by atoms with Gasteiger partial charge in [0.25, 0.3) is 0 Å². The highest BCUT2D eigenvalue weighted by molar-refractivity contribution is 7.80. The van der Waals surface area contributed by atoms with Crippen LogP contribution in [0.1, 0.15) is 43.9 Å². The Morgan fingerprint density at radius 2 is 1.91 bits per heavy atom. The van der Waals surface area contributed by atoms with Gasteiger partial charge in [0.15, 0.2) is 6.67 Å². The van der Waals surface area contributed by atoms with E-state index in [2.05, 4.69) is 15.1 Å². The van der Waals surface area contributed by atoms with Crippen molar-refractivity contribution < 1.29 is 33.3 Å². The van der Waals surface area contributed by atoms with Crippen molar-refractivity contribution in [2.75, 3.05) is 11.0 Å². The molecule has 0 aliphatic rings. The molecule has 0 spiro atoms. The number of carbonyl (C=O) groups is 1. The highest BCUT2D eigenvalue weighted by Crippen LogP contribution is 2.31. The molecule has 13 heteroatoms. The zero-order valence-electron chi connectivity index (χ0n) is 18.4. The van der Waals surface area contributed by atoms with Gasteiger partial charge in [0.2, 0.25) is 5.95 Å². The molecule has 1 unspecified atom stereocenters. The van der Waals surface area contributed by atoms with Gasteiger partial charge in [0.05, 0.1) is 41.3 Å². The van der Waals surface area contributed by atoms with Gasteiger partial charge in [-0.2, -0.15) is 0 Å². The van der Waals surface area contributed by atoms with E-state index in [1.807, 2.05) is 0 Å². The van der Waals surface area contributed by atoms with Crippen molar-refractivity contribution in [1.29, 1.82) is 0 Å². The fourth-order valence-corrected chi connectivity index (χ4v) is 3.45. The van der Waals surface area contributed by atoms with E-state index < -0.39 is 48.4 Å². The van der Waals surface area contributed by atoms with Gasteiger partial charge in [-0.15, -0.1) is 4.91 Å². The summed E-state index contributed by atoms with van der Waals surface area (Å²) >= 11 is -2.90. The van der Waals surface area contributed by atoms with Crippen LogP contribution in [0.4, 0.5) is 10.3 Å². The van der Waals surface area contributed by atoms with E-state index in [1.54, 1.807) is 13.8 Å². The van der Waals surface area contributed by atoms with E-state index in [9.17, 15) is 33.1 Å². The van der Waals surface area contributed by atoms with Gasteiger partial charge < -0.3 is 19.9 Å². The normalized spacial score (nSPS) is 14.2. The zero-order valence-corrected chi connectivity index (χ0v) is 19.2. The van der Waals surface area contributed by atoms with Gasteiger partial charge in [-0.3, -0.25) is 9.00 Å². The van der Waals surface area contributed by atoms with Crippen LogP contribution in [0.15, 0.2) is 35.5 Å². The summed E-state index contributed by atoms with van der Waals surface area (Å²) in [6.07, 6.45) is -0.467. The number of carboxylic acid groups (broad SMARTS) is 1. The van der Waals surface area contributed by atoms with Gasteiger partial charge >= 0.3 is 5.97 Å². The predicted octanol–water partition coefficient (Wildman–Crippen LogP) is 2.33. The summed E-state index contributed by atoms with van der Waals surface area (Å²) in [7, 11) is 0. The second-order valence-electron chi connectivity index (χ2n) is 7.61. The van der Waals surface area contributed by atoms with E-state index in [0.717, 1.165) is 0 Å². The molecule has 0 aliphatic heterocycles. The van der Waals surface area contributed by atoms with Gasteiger partial charge in [0, 0.05) is 17.5 Å². The number of carboxylic acids is 1. The molecule has 0 radical (unpaired) electrons. The van der Waals surface area contributed by atoms with Crippen molar-refractivity contribution in [3.05, 3.63) is 52.3 Å². The second kappa shape index (κ2) is 12.4. The fourth-order valence-electron chi connectivity index (χ4n) is 3.10. The van der Waals surface area contributed by atoms with Crippen LogP contribution in [-0.2, 0) is 16.1 Å². The lowest BCUT2D eigenvalue weighted by Gasteiger charge is -2.24. The first-order chi connectivity index (χ1) is 16.0. The molecule has 2 rings (SSSR count). The largest absolute Gasteiger partial charge is 0.755 e. The van der Waals surface area contributed by atoms with E-state index in [1.165, 1.54) is 36.4 Å². The summed E-state index contributed by atoms with van der Waals surface area (Å²) < 4.78 is 37.3. The Balaban J connectivity index is 2.62. The Bertz CT molecular complexity index is 1070. The Kier molecular flexibility index (Phi) is 9.86. The van der Waals surface area contributed by atoms with Crippen molar-refractivity contribution in [1.82, 2.24) is 9.97 Å². The van der Waals surface area contributed by atoms with Crippen molar-refractivity contribution in [3.63, 3.8) is 0 Å². The van der Waals surface area contributed by atoms with Crippen LogP contribution in [0.25, 0.3) is 17.3 Å². The molecule has 184 valence electrons. The highest BCUT2D eigenvalue weighted by Gasteiger charge is 2.21. The van der Waals surface area contributed by atoms with Crippen molar-refractivity contribution >= 4 is 29.3 Å². The molecule has 0 aliphatic carbocycles. The van der Waals surface area contributed by atoms with Crippen LogP contribution >= 0.6 is 0 Å². The molecule has 34 heavy (non-hydrogen) atoms. The van der Waals surface area contributed by atoms with Crippen LogP contribution in [-0.4, -0.2) is 58.9 Å². The topological polar surface area (TPSA) is 176 Å². The highest BCUT2D eigenvalue weighted by atomic mass is 32.2. The number of halogens is 1. The predicted molar refractivity (Wildman–Crippen MR) is 121 cm³/mol. The standard InChI is InChI=1S/C21H25FN4O7S/c1-12(2)19-17(8-7-15(27)9-16(28)10-18(29)30)20(13-3-5-14(22)6-4-13)25-21(24-19)26(11-23-31)34(32)33/h3-8,12,15-16,27-28H,9-11H2,1-2H3,(H,29,30)(H,32,33)/p-1/b8-7+/t15-,16-/m1/s1. The monoisotopic (exact) mass is 495 g/mol. The number of benzene rings is 1. The molecule has 3 atom stereocenters. The molecular formula is C21H24FN4O7S-. The number of hydrogen-bond acceptors (Lipinski definition) is 9. The number of hydrogen-bond donors (Lipinski definition) is 3. The lowest BCUT2D eigenvalue weighted by atomic mass is 9.97. The van der Waals surface area contributed by atoms with Crippen LogP contribution in [0.3, 0.4) is 0 Å². The van der Waals surface area contributed by atoms with Crippen LogP contribution in [0.5, 0.6) is 0 Å². The molecule has 0 saturated heterocycles. The summed E-state index contributed by atoms with van der Waals surface area (Å²) in [5.74, 6) is -2.31. The minimum absolute atomic E-state index is 0.199. The van der Waals surface area contributed by atoms with E-state index in [4.69, 9.17) is 5.11 Å². The number of rotatable bonds is 12. The molecule has 0 amide bonds. The fraction of sp³-hybridized carbons (Fsp3) is 0.381. The molecule has 1 heterocycles. The number of anilines is 1. The third kappa shape index (κ3) is 7.45. The van der Waals surface area contributed by atoms with E-state index in [-0.39, 0.29) is 24.0 Å². The van der Waals surface area contributed by atoms with Gasteiger partial charge in [-0.1, -0.05) is 26.0 Å². The first kappa shape index (κ1) is 27.1. The summed E-state index contributed by atoms with van der Waals surface area (Å²) in [6.45, 7) is 2.80. The molecule has 1 aromatic heterocycles. The van der Waals surface area contributed by atoms with Crippen LogP contribution < -0.4 is 4.31 Å². The number of aromatic nitrogens is 2. The molecule has 0 saturated carbocycles. The smallest absolute Gasteiger partial charge is 0.305 e. The maximum atomic E-state index is 13.5. The molecule has 2 aromatic rings. The Hall–Kier alpha value is -3.13. The van der Waals surface area contributed by atoms with E-state index >= 15 is 0 Å².